The van der Waals surface area contributed by atoms with Crippen LogP contribution in [0.3, 0.4) is 0 Å². The van der Waals surface area contributed by atoms with Crippen LogP contribution in [0, 0.1) is 10.1 Å². The molecule has 0 amide bonds. The smallest absolute Gasteiger partial charge is 0.276 e. The summed E-state index contributed by atoms with van der Waals surface area (Å²) in [6, 6.07) is 1.43. The topological polar surface area (TPSA) is 89.3 Å². The van der Waals surface area contributed by atoms with Crippen molar-refractivity contribution in [3.8, 4) is 0 Å². The van der Waals surface area contributed by atoms with Crippen LogP contribution in [0.5, 0.6) is 0 Å². The van der Waals surface area contributed by atoms with Crippen molar-refractivity contribution in [3.05, 3.63) is 33.9 Å². The van der Waals surface area contributed by atoms with Crippen LogP contribution in [0.2, 0.25) is 0 Å². The fraction of sp³-hybridized carbons (Fsp3) is 0.250. The van der Waals surface area contributed by atoms with Gasteiger partial charge >= 0.3 is 6.18 Å². The summed E-state index contributed by atoms with van der Waals surface area (Å²) in [5.74, 6) is 0. The highest BCUT2D eigenvalue weighted by atomic mass is 35.5. The highest BCUT2D eigenvalue weighted by Gasteiger charge is 2.33. The van der Waals surface area contributed by atoms with Gasteiger partial charge in [0.05, 0.1) is 10.5 Å². The van der Waals surface area contributed by atoms with Crippen LogP contribution in [-0.4, -0.2) is 18.6 Å². The van der Waals surface area contributed by atoms with Gasteiger partial charge in [-0.15, -0.1) is 11.6 Å². The molecule has 0 aliphatic rings. The fourth-order valence-electron chi connectivity index (χ4n) is 1.14. The predicted octanol–water partition coefficient (Wildman–Crippen LogP) is 2.55. The molecular formula is C8H6ClF3N2O4S. The molecule has 0 spiro atoms. The summed E-state index contributed by atoms with van der Waals surface area (Å²) in [7, 11) is -4.05. The van der Waals surface area contributed by atoms with Gasteiger partial charge in [-0.1, -0.05) is 0 Å². The number of nitro groups is 1. The normalized spacial score (nSPS) is 12.2. The second-order valence-electron chi connectivity index (χ2n) is 3.31. The Kier molecular flexibility index (Phi) is 4.25. The van der Waals surface area contributed by atoms with Gasteiger partial charge in [-0.2, -0.15) is 13.2 Å². The van der Waals surface area contributed by atoms with Crippen molar-refractivity contribution in [1.29, 1.82) is 0 Å². The van der Waals surface area contributed by atoms with E-state index < -0.39 is 43.3 Å². The quantitative estimate of drug-likeness (QED) is 0.525. The van der Waals surface area contributed by atoms with E-state index in [4.69, 9.17) is 11.6 Å². The summed E-state index contributed by atoms with van der Waals surface area (Å²) in [6.07, 6.45) is -4.77. The maximum absolute atomic E-state index is 12.4. The third-order valence-electron chi connectivity index (χ3n) is 1.93. The van der Waals surface area contributed by atoms with Crippen molar-refractivity contribution in [3.63, 3.8) is 0 Å². The SMILES string of the molecule is O=[N+]([O-])c1cc(C(F)(F)F)ccc1NS(=O)(=O)CCl. The van der Waals surface area contributed by atoms with E-state index in [1.54, 1.807) is 4.72 Å². The van der Waals surface area contributed by atoms with E-state index in [-0.39, 0.29) is 6.07 Å². The van der Waals surface area contributed by atoms with Crippen LogP contribution < -0.4 is 4.72 Å². The Balaban J connectivity index is 3.32. The van der Waals surface area contributed by atoms with Crippen LogP contribution in [0.15, 0.2) is 18.2 Å². The van der Waals surface area contributed by atoms with Crippen molar-refractivity contribution < 1.29 is 26.5 Å². The number of benzene rings is 1. The Morgan fingerprint density at radius 1 is 1.37 bits per heavy atom. The summed E-state index contributed by atoms with van der Waals surface area (Å²) in [5, 5.41) is 9.76. The first-order valence-electron chi connectivity index (χ1n) is 4.49. The van der Waals surface area contributed by atoms with Gasteiger partial charge in [0.1, 0.15) is 10.9 Å². The lowest BCUT2D eigenvalue weighted by atomic mass is 10.1. The van der Waals surface area contributed by atoms with E-state index in [2.05, 4.69) is 0 Å². The number of nitro benzene ring substituents is 1. The van der Waals surface area contributed by atoms with Gasteiger partial charge in [0.15, 0.2) is 0 Å². The van der Waals surface area contributed by atoms with Gasteiger partial charge in [-0.25, -0.2) is 8.42 Å². The molecule has 0 bridgehead atoms. The van der Waals surface area contributed by atoms with E-state index in [1.807, 2.05) is 0 Å². The van der Waals surface area contributed by atoms with E-state index in [1.165, 1.54) is 0 Å². The minimum absolute atomic E-state index is 0.242. The number of hydrogen-bond acceptors (Lipinski definition) is 4. The number of nitrogens with one attached hydrogen (secondary N) is 1. The molecular weight excluding hydrogens is 313 g/mol. The lowest BCUT2D eigenvalue weighted by Gasteiger charge is -2.09. The zero-order valence-electron chi connectivity index (χ0n) is 8.94. The molecule has 0 saturated carbocycles. The third-order valence-corrected chi connectivity index (χ3v) is 3.61. The van der Waals surface area contributed by atoms with Crippen molar-refractivity contribution in [2.75, 3.05) is 9.93 Å². The fourth-order valence-corrected chi connectivity index (χ4v) is 1.87. The van der Waals surface area contributed by atoms with Gasteiger partial charge in [-0.3, -0.25) is 14.8 Å². The molecule has 0 aromatic heterocycles. The molecule has 0 saturated heterocycles. The molecule has 0 heterocycles. The lowest BCUT2D eigenvalue weighted by Crippen LogP contribution is -2.15. The molecule has 1 rings (SSSR count). The Hall–Kier alpha value is -1.55. The minimum Gasteiger partial charge on any atom is -0.276 e. The molecule has 19 heavy (non-hydrogen) atoms. The standard InChI is InChI=1S/C8H6ClF3N2O4S/c9-4-19(17,18)13-6-2-1-5(8(10,11)12)3-7(6)14(15)16/h1-3,13H,4H2. The Morgan fingerprint density at radius 3 is 2.37 bits per heavy atom. The van der Waals surface area contributed by atoms with Gasteiger partial charge < -0.3 is 0 Å². The number of rotatable bonds is 4. The van der Waals surface area contributed by atoms with Crippen LogP contribution in [-0.2, 0) is 16.2 Å². The monoisotopic (exact) mass is 318 g/mol. The number of hydrogen-bond donors (Lipinski definition) is 1. The molecule has 11 heteroatoms. The lowest BCUT2D eigenvalue weighted by molar-refractivity contribution is -0.384. The Labute approximate surface area is 110 Å². The van der Waals surface area contributed by atoms with Crippen molar-refractivity contribution in [2.24, 2.45) is 0 Å². The minimum atomic E-state index is -4.77. The van der Waals surface area contributed by atoms with E-state index in [0.717, 1.165) is 0 Å². The second kappa shape index (κ2) is 5.21. The van der Waals surface area contributed by atoms with Gasteiger partial charge in [0.25, 0.3) is 5.69 Å². The van der Waals surface area contributed by atoms with Crippen LogP contribution in [0.25, 0.3) is 0 Å². The molecule has 0 aliphatic carbocycles. The maximum atomic E-state index is 12.4. The van der Waals surface area contributed by atoms with Crippen molar-refractivity contribution in [1.82, 2.24) is 0 Å². The molecule has 106 valence electrons. The molecule has 0 aliphatic heterocycles. The average Bonchev–Trinajstić information content (AvgIpc) is 2.27. The molecule has 6 nitrogen and oxygen atoms in total. The average molecular weight is 319 g/mol. The predicted molar refractivity (Wildman–Crippen MR) is 61.4 cm³/mol. The highest BCUT2D eigenvalue weighted by Crippen LogP contribution is 2.35. The molecule has 1 aromatic carbocycles. The Bertz CT molecular complexity index is 603. The van der Waals surface area contributed by atoms with E-state index >= 15 is 0 Å². The summed E-state index contributed by atoms with van der Waals surface area (Å²) in [4.78, 5) is 9.52. The molecule has 0 atom stereocenters. The number of anilines is 1. The van der Waals surface area contributed by atoms with E-state index in [9.17, 15) is 31.7 Å². The molecule has 1 aromatic rings. The molecule has 1 N–H and O–H groups in total. The third kappa shape index (κ3) is 3.96. The maximum Gasteiger partial charge on any atom is 0.416 e. The summed E-state index contributed by atoms with van der Waals surface area (Å²) in [6.45, 7) is 0. The number of halogens is 4. The number of alkyl halides is 4. The first-order chi connectivity index (χ1) is 8.57. The first-order valence-corrected chi connectivity index (χ1v) is 6.67. The van der Waals surface area contributed by atoms with Gasteiger partial charge in [0, 0.05) is 6.07 Å². The molecule has 0 radical (unpaired) electrons. The summed E-state index contributed by atoms with van der Waals surface area (Å²) < 4.78 is 61.2. The summed E-state index contributed by atoms with van der Waals surface area (Å²) in [5.41, 5.74) is -2.85. The van der Waals surface area contributed by atoms with Gasteiger partial charge in [-0.05, 0) is 12.1 Å². The van der Waals surface area contributed by atoms with Crippen LogP contribution in [0.1, 0.15) is 5.56 Å². The Morgan fingerprint density at radius 2 is 1.95 bits per heavy atom. The van der Waals surface area contributed by atoms with Crippen LogP contribution >= 0.6 is 11.6 Å². The van der Waals surface area contributed by atoms with Crippen molar-refractivity contribution >= 4 is 33.0 Å². The van der Waals surface area contributed by atoms with Gasteiger partial charge in [0.2, 0.25) is 10.0 Å². The highest BCUT2D eigenvalue weighted by molar-refractivity contribution is 7.93. The zero-order valence-corrected chi connectivity index (χ0v) is 10.5. The van der Waals surface area contributed by atoms with Crippen LogP contribution in [0.4, 0.5) is 24.5 Å². The zero-order chi connectivity index (χ0) is 14.8. The summed E-state index contributed by atoms with van der Waals surface area (Å²) >= 11 is 5.08. The van der Waals surface area contributed by atoms with Crippen molar-refractivity contribution in [2.45, 2.75) is 6.18 Å². The number of sulfonamides is 1. The molecule has 0 fully saturated rings. The molecule has 0 unspecified atom stereocenters. The van der Waals surface area contributed by atoms with E-state index in [0.29, 0.717) is 12.1 Å². The second-order valence-corrected chi connectivity index (χ2v) is 5.62. The number of nitrogens with zero attached hydrogens (tertiary/aromatic N) is 1. The largest absolute Gasteiger partial charge is 0.416 e. The first kappa shape index (κ1) is 15.5.